The Balaban J connectivity index is 4.61. The lowest BCUT2D eigenvalue weighted by molar-refractivity contribution is 0.173. The molecule has 0 aliphatic heterocycles. The minimum Gasteiger partial charge on any atom is -0.292 e. The molecule has 0 saturated carbocycles. The third kappa shape index (κ3) is 5.45. The minimum atomic E-state index is -3.27. The van der Waals surface area contributed by atoms with Crippen LogP contribution in [0.25, 0.3) is 0 Å². The van der Waals surface area contributed by atoms with Crippen LogP contribution >= 0.6 is 7.60 Å². The van der Waals surface area contributed by atoms with E-state index < -0.39 is 19.8 Å². The highest BCUT2D eigenvalue weighted by molar-refractivity contribution is 7.54. The number of allylic oxidation sites excluding steroid dienone is 1. The lowest BCUT2D eigenvalue weighted by Gasteiger charge is -2.20. The van der Waals surface area contributed by atoms with Crippen molar-refractivity contribution in [3.63, 3.8) is 0 Å². The van der Waals surface area contributed by atoms with E-state index in [9.17, 15) is 4.57 Å². The van der Waals surface area contributed by atoms with Gasteiger partial charge in [-0.3, -0.25) is 13.6 Å². The van der Waals surface area contributed by atoms with E-state index in [1.807, 2.05) is 0 Å². The summed E-state index contributed by atoms with van der Waals surface area (Å²) in [6.07, 6.45) is 10.6. The van der Waals surface area contributed by atoms with Gasteiger partial charge in [0.15, 0.2) is 0 Å². The Bertz CT molecular complexity index is 309. The highest BCUT2D eigenvalue weighted by Gasteiger charge is 2.27. The molecule has 0 radical (unpaired) electrons. The van der Waals surface area contributed by atoms with Gasteiger partial charge in [0, 0.05) is 0 Å². The third-order valence-electron chi connectivity index (χ3n) is 1.46. The van der Waals surface area contributed by atoms with Gasteiger partial charge in [-0.2, -0.15) is 0 Å². The fraction of sp³-hybridized carbons (Fsp3) is 0.455. The molecule has 0 N–H and O–H groups in total. The number of hydrogen-bond donors (Lipinski definition) is 0. The van der Waals surface area contributed by atoms with Crippen molar-refractivity contribution in [1.29, 1.82) is 0 Å². The first-order chi connectivity index (χ1) is 6.97. The SMILES string of the molecule is C#CC(C)OP(=O)(CC=C)OC(C)C#C. The average molecular weight is 226 g/mol. The van der Waals surface area contributed by atoms with E-state index >= 15 is 0 Å². The van der Waals surface area contributed by atoms with E-state index in [2.05, 4.69) is 18.4 Å². The normalized spacial score (nSPS) is 17.9. The summed E-state index contributed by atoms with van der Waals surface area (Å²) in [7, 11) is -3.27. The summed E-state index contributed by atoms with van der Waals surface area (Å²) in [4.78, 5) is 0. The van der Waals surface area contributed by atoms with Gasteiger partial charge >= 0.3 is 7.60 Å². The van der Waals surface area contributed by atoms with Gasteiger partial charge < -0.3 is 0 Å². The lowest BCUT2D eigenvalue weighted by atomic mass is 10.4. The maximum absolute atomic E-state index is 12.0. The largest absolute Gasteiger partial charge is 0.336 e. The van der Waals surface area contributed by atoms with Crippen molar-refractivity contribution < 1.29 is 13.6 Å². The maximum atomic E-state index is 12.0. The van der Waals surface area contributed by atoms with Crippen molar-refractivity contribution >= 4 is 7.60 Å². The zero-order chi connectivity index (χ0) is 11.9. The third-order valence-corrected chi connectivity index (χ3v) is 3.44. The quantitative estimate of drug-likeness (QED) is 0.396. The summed E-state index contributed by atoms with van der Waals surface area (Å²) >= 11 is 0. The molecular weight excluding hydrogens is 211 g/mol. The van der Waals surface area contributed by atoms with E-state index in [1.54, 1.807) is 13.8 Å². The number of terminal acetylenes is 2. The maximum Gasteiger partial charge on any atom is 0.336 e. The van der Waals surface area contributed by atoms with Crippen LogP contribution in [0.2, 0.25) is 0 Å². The van der Waals surface area contributed by atoms with Gasteiger partial charge in [0.1, 0.15) is 12.2 Å². The summed E-state index contributed by atoms with van der Waals surface area (Å²) in [5.41, 5.74) is 0. The zero-order valence-corrected chi connectivity index (χ0v) is 9.87. The predicted molar refractivity (Wildman–Crippen MR) is 61.4 cm³/mol. The van der Waals surface area contributed by atoms with Crippen LogP contribution in [0.4, 0.5) is 0 Å². The second kappa shape index (κ2) is 6.49. The van der Waals surface area contributed by atoms with Gasteiger partial charge in [-0.1, -0.05) is 17.9 Å². The van der Waals surface area contributed by atoms with Gasteiger partial charge in [-0.25, -0.2) is 0 Å². The second-order valence-electron chi connectivity index (χ2n) is 2.91. The van der Waals surface area contributed by atoms with Crippen LogP contribution in [-0.2, 0) is 13.6 Å². The lowest BCUT2D eigenvalue weighted by Crippen LogP contribution is -2.11. The summed E-state index contributed by atoms with van der Waals surface area (Å²) < 4.78 is 22.3. The Morgan fingerprint density at radius 1 is 1.33 bits per heavy atom. The molecule has 2 unspecified atom stereocenters. The van der Waals surface area contributed by atoms with Crippen molar-refractivity contribution in [1.82, 2.24) is 0 Å². The van der Waals surface area contributed by atoms with E-state index in [0.29, 0.717) is 0 Å². The van der Waals surface area contributed by atoms with Crippen molar-refractivity contribution in [3.8, 4) is 24.7 Å². The van der Waals surface area contributed by atoms with Gasteiger partial charge in [0.05, 0.1) is 6.16 Å². The molecule has 15 heavy (non-hydrogen) atoms. The van der Waals surface area contributed by atoms with Gasteiger partial charge in [0.25, 0.3) is 0 Å². The highest BCUT2D eigenvalue weighted by Crippen LogP contribution is 2.50. The first kappa shape index (κ1) is 14.0. The molecule has 0 aliphatic carbocycles. The molecule has 0 rings (SSSR count). The Kier molecular flexibility index (Phi) is 6.06. The molecule has 0 aromatic carbocycles. The highest BCUT2D eigenvalue weighted by atomic mass is 31.2. The van der Waals surface area contributed by atoms with Crippen molar-refractivity contribution in [2.45, 2.75) is 26.1 Å². The number of rotatable bonds is 6. The molecule has 82 valence electrons. The molecule has 3 nitrogen and oxygen atoms in total. The van der Waals surface area contributed by atoms with Gasteiger partial charge in [-0.05, 0) is 13.8 Å². The van der Waals surface area contributed by atoms with E-state index in [1.165, 1.54) is 6.08 Å². The molecule has 2 atom stereocenters. The zero-order valence-electron chi connectivity index (χ0n) is 8.97. The first-order valence-corrected chi connectivity index (χ1v) is 6.19. The van der Waals surface area contributed by atoms with Crippen LogP contribution in [0.5, 0.6) is 0 Å². The molecule has 0 aromatic heterocycles. The minimum absolute atomic E-state index is 0.0883. The topological polar surface area (TPSA) is 35.5 Å². The predicted octanol–water partition coefficient (Wildman–Crippen LogP) is 2.44. The molecular formula is C11H15O3P. The van der Waals surface area contributed by atoms with Crippen molar-refractivity contribution in [2.24, 2.45) is 0 Å². The summed E-state index contributed by atoms with van der Waals surface area (Å²) in [6, 6.07) is 0. The summed E-state index contributed by atoms with van der Waals surface area (Å²) in [5.74, 6) is 4.62. The van der Waals surface area contributed by atoms with Crippen LogP contribution in [0.1, 0.15) is 13.8 Å². The average Bonchev–Trinajstić information content (AvgIpc) is 2.17. The Hall–Kier alpha value is -0.990. The van der Waals surface area contributed by atoms with E-state index in [0.717, 1.165) is 0 Å². The fourth-order valence-electron chi connectivity index (χ4n) is 0.812. The molecule has 0 heterocycles. The summed E-state index contributed by atoms with van der Waals surface area (Å²) in [6.45, 7) is 6.70. The molecule has 4 heteroatoms. The molecule has 0 bridgehead atoms. The smallest absolute Gasteiger partial charge is 0.292 e. The van der Waals surface area contributed by atoms with Crippen molar-refractivity contribution in [2.75, 3.05) is 6.16 Å². The second-order valence-corrected chi connectivity index (χ2v) is 4.92. The standard InChI is InChI=1S/C11H15O3P/c1-6-9-15(12,13-10(4)7-2)14-11(5)8-3/h2-3,6,10-11H,1,9H2,4-5H3. The van der Waals surface area contributed by atoms with Gasteiger partial charge in [-0.15, -0.1) is 19.4 Å². The van der Waals surface area contributed by atoms with Crippen LogP contribution in [-0.4, -0.2) is 18.4 Å². The Morgan fingerprint density at radius 3 is 2.00 bits per heavy atom. The molecule has 0 amide bonds. The van der Waals surface area contributed by atoms with Gasteiger partial charge in [0.2, 0.25) is 0 Å². The van der Waals surface area contributed by atoms with E-state index in [4.69, 9.17) is 21.9 Å². The first-order valence-electron chi connectivity index (χ1n) is 4.46. The molecule has 0 aromatic rings. The van der Waals surface area contributed by atoms with Crippen LogP contribution in [0.15, 0.2) is 12.7 Å². The van der Waals surface area contributed by atoms with Crippen LogP contribution < -0.4 is 0 Å². The molecule has 0 spiro atoms. The Morgan fingerprint density at radius 2 is 1.73 bits per heavy atom. The molecule has 0 aliphatic rings. The summed E-state index contributed by atoms with van der Waals surface area (Å²) in [5, 5.41) is 0. The van der Waals surface area contributed by atoms with Crippen LogP contribution in [0.3, 0.4) is 0 Å². The molecule has 0 saturated heterocycles. The Labute approximate surface area is 91.4 Å². The van der Waals surface area contributed by atoms with E-state index in [-0.39, 0.29) is 6.16 Å². The fourth-order valence-corrected chi connectivity index (χ4v) is 2.44. The van der Waals surface area contributed by atoms with Crippen molar-refractivity contribution in [3.05, 3.63) is 12.7 Å². The number of hydrogen-bond acceptors (Lipinski definition) is 3. The monoisotopic (exact) mass is 226 g/mol. The molecule has 0 fully saturated rings. The van der Waals surface area contributed by atoms with Crippen LogP contribution in [0, 0.1) is 24.7 Å².